The Hall–Kier alpha value is -2.81. The predicted octanol–water partition coefficient (Wildman–Crippen LogP) is 6.89. The van der Waals surface area contributed by atoms with Crippen molar-refractivity contribution in [1.29, 1.82) is 5.26 Å². The first kappa shape index (κ1) is 20.9. The Morgan fingerprint density at radius 1 is 1.14 bits per heavy atom. The number of nitrogens with zero attached hydrogens (tertiary/aromatic N) is 1. The van der Waals surface area contributed by atoms with E-state index in [9.17, 15) is 9.65 Å². The van der Waals surface area contributed by atoms with Crippen LogP contribution in [0, 0.1) is 17.1 Å². The van der Waals surface area contributed by atoms with Crippen LogP contribution in [0.3, 0.4) is 0 Å². The van der Waals surface area contributed by atoms with Crippen LogP contribution in [0.25, 0.3) is 11.6 Å². The minimum absolute atomic E-state index is 0.204. The Kier molecular flexibility index (Phi) is 6.92. The van der Waals surface area contributed by atoms with Crippen LogP contribution in [-0.4, -0.2) is 7.11 Å². The molecule has 3 rings (SSSR count). The fraction of sp³-hybridized carbons (Fsp3) is 0.0870. The van der Waals surface area contributed by atoms with Gasteiger partial charge >= 0.3 is 0 Å². The van der Waals surface area contributed by atoms with Gasteiger partial charge in [-0.3, -0.25) is 0 Å². The van der Waals surface area contributed by atoms with Crippen LogP contribution < -0.4 is 9.47 Å². The largest absolute Gasteiger partial charge is 0.493 e. The molecule has 0 N–H and O–H groups in total. The van der Waals surface area contributed by atoms with Gasteiger partial charge in [-0.15, -0.1) is 0 Å². The molecule has 0 amide bonds. The van der Waals surface area contributed by atoms with E-state index in [0.29, 0.717) is 26.6 Å². The molecule has 0 fully saturated rings. The Morgan fingerprint density at radius 3 is 2.55 bits per heavy atom. The lowest BCUT2D eigenvalue weighted by Gasteiger charge is -2.14. The molecule has 0 aliphatic rings. The van der Waals surface area contributed by atoms with E-state index >= 15 is 0 Å². The molecule has 0 bridgehead atoms. The molecule has 146 valence electrons. The van der Waals surface area contributed by atoms with E-state index in [1.807, 2.05) is 18.2 Å². The highest BCUT2D eigenvalue weighted by atomic mass is 79.9. The predicted molar refractivity (Wildman–Crippen MR) is 116 cm³/mol. The summed E-state index contributed by atoms with van der Waals surface area (Å²) in [4.78, 5) is 0. The lowest BCUT2D eigenvalue weighted by Crippen LogP contribution is -1.99. The third-order valence-corrected chi connectivity index (χ3v) is 5.26. The van der Waals surface area contributed by atoms with E-state index in [4.69, 9.17) is 21.1 Å². The topological polar surface area (TPSA) is 42.2 Å². The highest BCUT2D eigenvalue weighted by Crippen LogP contribution is 2.36. The maximum atomic E-state index is 14.1. The van der Waals surface area contributed by atoms with Gasteiger partial charge in [0.1, 0.15) is 12.4 Å². The summed E-state index contributed by atoms with van der Waals surface area (Å²) in [6, 6.07) is 19.1. The molecular weight excluding hydrogens is 457 g/mol. The molecule has 0 aliphatic heterocycles. The molecular formula is C23H16BrClFNO2. The Labute approximate surface area is 182 Å². The van der Waals surface area contributed by atoms with Gasteiger partial charge in [-0.05, 0) is 35.9 Å². The standard InChI is InChI=1S/C23H16BrClFNO2/c1-28-22-11-16(10-17(13-27)18-7-3-5-9-21(18)26)19(24)12-23(22)29-14-15-6-2-4-8-20(15)25/h2-12H,14H2,1H3/b17-10-. The van der Waals surface area contributed by atoms with Crippen molar-refractivity contribution in [2.45, 2.75) is 6.61 Å². The van der Waals surface area contributed by atoms with Gasteiger partial charge in [-0.1, -0.05) is 63.9 Å². The number of ether oxygens (including phenoxy) is 2. The first-order valence-corrected chi connectivity index (χ1v) is 9.81. The number of hydrogen-bond acceptors (Lipinski definition) is 3. The van der Waals surface area contributed by atoms with Gasteiger partial charge in [0.25, 0.3) is 0 Å². The van der Waals surface area contributed by atoms with Crippen molar-refractivity contribution < 1.29 is 13.9 Å². The van der Waals surface area contributed by atoms with E-state index in [1.165, 1.54) is 13.2 Å². The molecule has 0 saturated heterocycles. The fourth-order valence-corrected chi connectivity index (χ4v) is 3.34. The zero-order valence-corrected chi connectivity index (χ0v) is 17.8. The second-order valence-electron chi connectivity index (χ2n) is 6.05. The maximum Gasteiger partial charge on any atom is 0.162 e. The first-order chi connectivity index (χ1) is 14.0. The Morgan fingerprint density at radius 2 is 1.86 bits per heavy atom. The van der Waals surface area contributed by atoms with Crippen molar-refractivity contribution >= 4 is 39.2 Å². The summed E-state index contributed by atoms with van der Waals surface area (Å²) < 4.78 is 26.1. The lowest BCUT2D eigenvalue weighted by molar-refractivity contribution is 0.284. The quantitative estimate of drug-likeness (QED) is 0.290. The zero-order valence-electron chi connectivity index (χ0n) is 15.5. The van der Waals surface area contributed by atoms with Gasteiger partial charge in [0.05, 0.1) is 18.8 Å². The van der Waals surface area contributed by atoms with Crippen molar-refractivity contribution in [1.82, 2.24) is 0 Å². The molecule has 29 heavy (non-hydrogen) atoms. The maximum absolute atomic E-state index is 14.1. The van der Waals surface area contributed by atoms with Crippen LogP contribution in [0.1, 0.15) is 16.7 Å². The van der Waals surface area contributed by atoms with Crippen molar-refractivity contribution in [3.8, 4) is 17.6 Å². The average Bonchev–Trinajstić information content (AvgIpc) is 2.73. The highest BCUT2D eigenvalue weighted by molar-refractivity contribution is 9.10. The molecule has 0 atom stereocenters. The SMILES string of the molecule is COc1cc(/C=C(/C#N)c2ccccc2F)c(Br)cc1OCc1ccccc1Cl. The molecule has 6 heteroatoms. The van der Waals surface area contributed by atoms with Crippen LogP contribution in [0.2, 0.25) is 5.02 Å². The van der Waals surface area contributed by atoms with Gasteiger partial charge in [-0.25, -0.2) is 4.39 Å². The van der Waals surface area contributed by atoms with Gasteiger partial charge in [-0.2, -0.15) is 5.26 Å². The summed E-state index contributed by atoms with van der Waals surface area (Å²) in [5.41, 5.74) is 1.95. The van der Waals surface area contributed by atoms with Crippen molar-refractivity contribution in [2.75, 3.05) is 7.11 Å². The summed E-state index contributed by atoms with van der Waals surface area (Å²) in [6.45, 7) is 0.274. The summed E-state index contributed by atoms with van der Waals surface area (Å²) in [6.07, 6.45) is 1.60. The molecule has 0 aliphatic carbocycles. The van der Waals surface area contributed by atoms with E-state index < -0.39 is 5.82 Å². The normalized spacial score (nSPS) is 11.1. The molecule has 3 aromatic carbocycles. The van der Waals surface area contributed by atoms with Crippen molar-refractivity contribution in [3.63, 3.8) is 0 Å². The Bertz CT molecular complexity index is 1110. The van der Waals surface area contributed by atoms with Gasteiger partial charge in [0, 0.05) is 20.6 Å². The molecule has 0 aromatic heterocycles. The minimum Gasteiger partial charge on any atom is -0.493 e. The molecule has 0 saturated carbocycles. The summed E-state index contributed by atoms with van der Waals surface area (Å²) in [5, 5.41) is 10.1. The second kappa shape index (κ2) is 9.60. The number of benzene rings is 3. The molecule has 0 unspecified atom stereocenters. The number of halogens is 3. The monoisotopic (exact) mass is 471 g/mol. The van der Waals surface area contributed by atoms with E-state index in [-0.39, 0.29) is 17.7 Å². The van der Waals surface area contributed by atoms with Gasteiger partial charge < -0.3 is 9.47 Å². The number of methoxy groups -OCH3 is 1. The molecule has 0 radical (unpaired) electrons. The molecule has 3 aromatic rings. The zero-order chi connectivity index (χ0) is 20.8. The summed E-state index contributed by atoms with van der Waals surface area (Å²) >= 11 is 9.67. The third-order valence-electron chi connectivity index (χ3n) is 4.21. The van der Waals surface area contributed by atoms with Crippen molar-refractivity contribution in [2.24, 2.45) is 0 Å². The molecule has 0 heterocycles. The van der Waals surface area contributed by atoms with Gasteiger partial charge in [0.2, 0.25) is 0 Å². The van der Waals surface area contributed by atoms with Crippen LogP contribution in [-0.2, 0) is 6.61 Å². The smallest absolute Gasteiger partial charge is 0.162 e. The number of nitriles is 1. The van der Waals surface area contributed by atoms with Gasteiger partial charge in [0.15, 0.2) is 11.5 Å². The van der Waals surface area contributed by atoms with Crippen LogP contribution in [0.5, 0.6) is 11.5 Å². The summed E-state index contributed by atoms with van der Waals surface area (Å²) in [5.74, 6) is 0.543. The third kappa shape index (κ3) is 4.97. The van der Waals surface area contributed by atoms with Crippen LogP contribution in [0.15, 0.2) is 65.1 Å². The first-order valence-electron chi connectivity index (χ1n) is 8.64. The van der Waals surface area contributed by atoms with E-state index in [2.05, 4.69) is 22.0 Å². The highest BCUT2D eigenvalue weighted by Gasteiger charge is 2.13. The summed E-state index contributed by atoms with van der Waals surface area (Å²) in [7, 11) is 1.53. The second-order valence-corrected chi connectivity index (χ2v) is 7.32. The average molecular weight is 473 g/mol. The van der Waals surface area contributed by atoms with Crippen molar-refractivity contribution in [3.05, 3.63) is 92.7 Å². The van der Waals surface area contributed by atoms with E-state index in [0.717, 1.165) is 5.56 Å². The van der Waals surface area contributed by atoms with Crippen LogP contribution >= 0.6 is 27.5 Å². The van der Waals surface area contributed by atoms with Crippen LogP contribution in [0.4, 0.5) is 4.39 Å². The van der Waals surface area contributed by atoms with E-state index in [1.54, 1.807) is 42.5 Å². The molecule has 3 nitrogen and oxygen atoms in total. The molecule has 0 spiro atoms. The number of rotatable bonds is 6. The fourth-order valence-electron chi connectivity index (χ4n) is 2.71. The lowest BCUT2D eigenvalue weighted by atomic mass is 10.0. The minimum atomic E-state index is -0.455. The number of allylic oxidation sites excluding steroid dienone is 1. The number of hydrogen-bond donors (Lipinski definition) is 0. The Balaban J connectivity index is 1.93.